The molecule has 0 aliphatic carbocycles. The Morgan fingerprint density at radius 1 is 1.00 bits per heavy atom. The first-order chi connectivity index (χ1) is 18.8. The van der Waals surface area contributed by atoms with Crippen molar-refractivity contribution in [2.75, 3.05) is 6.54 Å². The maximum absolute atomic E-state index is 14.8. The number of nitrogens with zero attached hydrogens (tertiary/aromatic N) is 1. The number of carbonyl (C=O) groups excluding carboxylic acids is 1. The number of nitrogens with one attached hydrogen (secondary N) is 1. The van der Waals surface area contributed by atoms with E-state index in [4.69, 9.17) is 16.7 Å². The van der Waals surface area contributed by atoms with Gasteiger partial charge in [0.1, 0.15) is 5.82 Å². The molecule has 0 fully saturated rings. The lowest BCUT2D eigenvalue weighted by Gasteiger charge is -2.30. The summed E-state index contributed by atoms with van der Waals surface area (Å²) < 4.78 is 14.8. The second-order valence-corrected chi connectivity index (χ2v) is 9.83. The molecule has 0 radical (unpaired) electrons. The van der Waals surface area contributed by atoms with E-state index in [9.17, 15) is 19.2 Å². The second kappa shape index (κ2) is 12.6. The number of halogens is 2. The highest BCUT2D eigenvalue weighted by atomic mass is 35.5. The molecule has 4 aromatic rings. The molecule has 0 bridgehead atoms. The van der Waals surface area contributed by atoms with Gasteiger partial charge in [0.05, 0.1) is 18.1 Å². The summed E-state index contributed by atoms with van der Waals surface area (Å²) in [7, 11) is 0. The molecule has 5 nitrogen and oxygen atoms in total. The lowest BCUT2D eigenvalue weighted by molar-refractivity contribution is -0.136. The summed E-state index contributed by atoms with van der Waals surface area (Å²) in [5.41, 5.74) is 3.63. The Balaban J connectivity index is 1.82. The summed E-state index contributed by atoms with van der Waals surface area (Å²) >= 11 is 6.78. The van der Waals surface area contributed by atoms with Gasteiger partial charge in [0.2, 0.25) is 0 Å². The number of fused-ring (bicyclic) bond motifs is 1. The summed E-state index contributed by atoms with van der Waals surface area (Å²) in [6.07, 6.45) is 1.50. The fraction of sp³-hybridized carbons (Fsp3) is 0.219. The van der Waals surface area contributed by atoms with E-state index in [0.717, 1.165) is 34.9 Å². The summed E-state index contributed by atoms with van der Waals surface area (Å²) in [4.78, 5) is 23.3. The van der Waals surface area contributed by atoms with Crippen LogP contribution in [0.15, 0.2) is 78.9 Å². The first-order valence-electron chi connectivity index (χ1n) is 12.8. The topological polar surface area (TPSA) is 90.2 Å². The number of rotatable bonds is 10. The van der Waals surface area contributed by atoms with E-state index in [1.54, 1.807) is 30.3 Å². The van der Waals surface area contributed by atoms with Crippen molar-refractivity contribution in [3.63, 3.8) is 0 Å². The van der Waals surface area contributed by atoms with Gasteiger partial charge in [-0.1, -0.05) is 73.5 Å². The number of amides is 1. The summed E-state index contributed by atoms with van der Waals surface area (Å²) in [6.45, 7) is 2.14. The van der Waals surface area contributed by atoms with Gasteiger partial charge in [0.25, 0.3) is 5.91 Å². The van der Waals surface area contributed by atoms with Crippen molar-refractivity contribution in [2.45, 2.75) is 38.0 Å². The van der Waals surface area contributed by atoms with E-state index < -0.39 is 5.97 Å². The van der Waals surface area contributed by atoms with Crippen LogP contribution >= 0.6 is 11.6 Å². The average molecular weight is 543 g/mol. The van der Waals surface area contributed by atoms with Gasteiger partial charge in [-0.3, -0.25) is 9.59 Å². The SMILES string of the molecule is CCCC(c1ccc(C(=O)NCCC(=O)O)cc1)C(c1ccc(C#N)cc1Cl)c1ccc(F)c2ccccc12. The van der Waals surface area contributed by atoms with Crippen LogP contribution in [0.3, 0.4) is 0 Å². The zero-order valence-corrected chi connectivity index (χ0v) is 22.2. The van der Waals surface area contributed by atoms with Crippen LogP contribution in [0.4, 0.5) is 4.39 Å². The Morgan fingerprint density at radius 2 is 1.69 bits per heavy atom. The average Bonchev–Trinajstić information content (AvgIpc) is 2.94. The lowest BCUT2D eigenvalue weighted by atomic mass is 9.73. The first kappa shape index (κ1) is 27.8. The van der Waals surface area contributed by atoms with Crippen molar-refractivity contribution < 1.29 is 19.1 Å². The van der Waals surface area contributed by atoms with Crippen molar-refractivity contribution >= 4 is 34.2 Å². The Bertz CT molecular complexity index is 1550. The molecule has 198 valence electrons. The number of carbonyl (C=O) groups is 2. The molecule has 0 aliphatic rings. The van der Waals surface area contributed by atoms with E-state index >= 15 is 0 Å². The lowest BCUT2D eigenvalue weighted by Crippen LogP contribution is -2.26. The highest BCUT2D eigenvalue weighted by molar-refractivity contribution is 6.31. The zero-order valence-electron chi connectivity index (χ0n) is 21.5. The first-order valence-corrected chi connectivity index (χ1v) is 13.2. The normalized spacial score (nSPS) is 12.5. The van der Waals surface area contributed by atoms with E-state index in [1.165, 1.54) is 6.07 Å². The molecule has 2 unspecified atom stereocenters. The van der Waals surface area contributed by atoms with E-state index in [-0.39, 0.29) is 36.5 Å². The number of benzene rings is 4. The molecule has 2 atom stereocenters. The van der Waals surface area contributed by atoms with Crippen LogP contribution in [0, 0.1) is 17.1 Å². The van der Waals surface area contributed by atoms with Gasteiger partial charge in [-0.25, -0.2) is 4.39 Å². The number of carboxylic acids is 1. The quantitative estimate of drug-likeness (QED) is 0.218. The summed E-state index contributed by atoms with van der Waals surface area (Å²) in [6, 6.07) is 25.3. The molecule has 1 amide bonds. The van der Waals surface area contributed by atoms with Crippen LogP contribution in [-0.4, -0.2) is 23.5 Å². The molecule has 0 spiro atoms. The molecule has 0 saturated carbocycles. The summed E-state index contributed by atoms with van der Waals surface area (Å²) in [5, 5.41) is 22.6. The van der Waals surface area contributed by atoms with Crippen LogP contribution in [-0.2, 0) is 4.79 Å². The van der Waals surface area contributed by atoms with Gasteiger partial charge in [0, 0.05) is 28.4 Å². The second-order valence-electron chi connectivity index (χ2n) is 9.42. The third-order valence-electron chi connectivity index (χ3n) is 6.93. The minimum absolute atomic E-state index is 0.0469. The van der Waals surface area contributed by atoms with E-state index in [0.29, 0.717) is 21.5 Å². The highest BCUT2D eigenvalue weighted by Crippen LogP contribution is 2.46. The largest absolute Gasteiger partial charge is 0.481 e. The number of carboxylic acid groups (broad SMARTS) is 1. The molecule has 39 heavy (non-hydrogen) atoms. The van der Waals surface area contributed by atoms with Crippen LogP contribution < -0.4 is 5.32 Å². The van der Waals surface area contributed by atoms with Crippen molar-refractivity contribution in [1.29, 1.82) is 5.26 Å². The Morgan fingerprint density at radius 3 is 2.33 bits per heavy atom. The molecule has 0 heterocycles. The minimum Gasteiger partial charge on any atom is -0.481 e. The molecule has 4 aromatic carbocycles. The summed E-state index contributed by atoms with van der Waals surface area (Å²) in [5.74, 6) is -1.95. The van der Waals surface area contributed by atoms with Crippen LogP contribution in [0.25, 0.3) is 10.8 Å². The smallest absolute Gasteiger partial charge is 0.305 e. The predicted octanol–water partition coefficient (Wildman–Crippen LogP) is 7.42. The fourth-order valence-corrected chi connectivity index (χ4v) is 5.41. The predicted molar refractivity (Wildman–Crippen MR) is 151 cm³/mol. The number of hydrogen-bond donors (Lipinski definition) is 2. The minimum atomic E-state index is -0.978. The molecule has 0 aromatic heterocycles. The van der Waals surface area contributed by atoms with Crippen molar-refractivity contribution in [2.24, 2.45) is 0 Å². The molecular weight excluding hydrogens is 515 g/mol. The Kier molecular flexibility index (Phi) is 8.96. The third kappa shape index (κ3) is 6.27. The van der Waals surface area contributed by atoms with E-state index in [1.807, 2.05) is 42.5 Å². The maximum Gasteiger partial charge on any atom is 0.305 e. The highest BCUT2D eigenvalue weighted by Gasteiger charge is 2.30. The van der Waals surface area contributed by atoms with Gasteiger partial charge in [-0.05, 0) is 64.7 Å². The molecule has 4 rings (SSSR count). The van der Waals surface area contributed by atoms with Crippen molar-refractivity contribution in [3.05, 3.63) is 118 Å². The van der Waals surface area contributed by atoms with Gasteiger partial charge in [-0.15, -0.1) is 0 Å². The standard InChI is InChI=1S/C32H28ClFN2O3/c1-2-5-23(21-9-11-22(12-10-21)32(39)36-17-16-30(37)38)31(27-13-8-20(19-35)18-28(27)33)26-14-15-29(34)25-7-4-3-6-24(25)26/h3-4,6-15,18,23,31H,2,5,16-17H2,1H3,(H,36,39)(H,37,38). The molecule has 7 heteroatoms. The van der Waals surface area contributed by atoms with Crippen LogP contribution in [0.2, 0.25) is 5.02 Å². The van der Waals surface area contributed by atoms with Crippen molar-refractivity contribution in [1.82, 2.24) is 5.32 Å². The molecule has 2 N–H and O–H groups in total. The van der Waals surface area contributed by atoms with E-state index in [2.05, 4.69) is 18.3 Å². The fourth-order valence-electron chi connectivity index (χ4n) is 5.11. The monoisotopic (exact) mass is 542 g/mol. The number of hydrogen-bond acceptors (Lipinski definition) is 3. The number of nitriles is 1. The van der Waals surface area contributed by atoms with Crippen LogP contribution in [0.1, 0.15) is 70.6 Å². The third-order valence-corrected chi connectivity index (χ3v) is 7.26. The van der Waals surface area contributed by atoms with Crippen LogP contribution in [0.5, 0.6) is 0 Å². The Hall–Kier alpha value is -4.21. The van der Waals surface area contributed by atoms with Crippen molar-refractivity contribution in [3.8, 4) is 6.07 Å². The molecule has 0 saturated heterocycles. The number of aliphatic carboxylic acids is 1. The van der Waals surface area contributed by atoms with Gasteiger partial charge < -0.3 is 10.4 Å². The Labute approximate surface area is 231 Å². The zero-order chi connectivity index (χ0) is 27.9. The van der Waals surface area contributed by atoms with Gasteiger partial charge in [-0.2, -0.15) is 5.26 Å². The maximum atomic E-state index is 14.8. The molecular formula is C32H28ClFN2O3. The van der Waals surface area contributed by atoms with Gasteiger partial charge >= 0.3 is 5.97 Å². The molecule has 0 aliphatic heterocycles. The van der Waals surface area contributed by atoms with Gasteiger partial charge in [0.15, 0.2) is 0 Å².